The van der Waals surface area contributed by atoms with Crippen LogP contribution >= 0.6 is 21.6 Å². The minimum Gasteiger partial charge on any atom is -0.394 e. The number of aliphatic hydroxyl groups excluding tert-OH is 2. The summed E-state index contributed by atoms with van der Waals surface area (Å²) in [5.74, 6) is -11.4. The second kappa shape index (κ2) is 38.2. The highest BCUT2D eigenvalue weighted by Crippen LogP contribution is 2.41. The van der Waals surface area contributed by atoms with Gasteiger partial charge in [0, 0.05) is 43.6 Å². The molecule has 5 rings (SSSR count). The van der Waals surface area contributed by atoms with Crippen molar-refractivity contribution in [3.05, 3.63) is 0 Å². The van der Waals surface area contributed by atoms with Crippen LogP contribution in [0.15, 0.2) is 4.99 Å². The summed E-state index contributed by atoms with van der Waals surface area (Å²) in [7, 11) is 1.98. The molecule has 0 spiro atoms. The molecule has 5 fully saturated rings. The van der Waals surface area contributed by atoms with E-state index < -0.39 is 168 Å². The molecule has 0 radical (unpaired) electrons. The molecule has 0 aromatic carbocycles. The highest BCUT2D eigenvalue weighted by atomic mass is 33.1. The van der Waals surface area contributed by atoms with Crippen LogP contribution in [0, 0.1) is 29.6 Å². The van der Waals surface area contributed by atoms with Crippen molar-refractivity contribution in [3.63, 3.8) is 0 Å². The molecule has 1 aliphatic carbocycles. The number of nitrogens with zero attached hydrogens (tertiary/aromatic N) is 3. The molecule has 524 valence electrons. The van der Waals surface area contributed by atoms with Crippen molar-refractivity contribution in [1.82, 2.24) is 63.0 Å². The Morgan fingerprint density at radius 3 is 1.62 bits per heavy atom. The number of nitrogens with two attached hydrogens (primary N) is 2. The number of carbonyl (C=O) groups is 12. The van der Waals surface area contributed by atoms with Gasteiger partial charge in [-0.25, -0.2) is 0 Å². The lowest BCUT2D eigenvalue weighted by Crippen LogP contribution is -2.62. The molecule has 4 saturated heterocycles. The van der Waals surface area contributed by atoms with E-state index in [0.29, 0.717) is 51.4 Å². The number of rotatable bonds is 14. The van der Waals surface area contributed by atoms with Gasteiger partial charge in [0.25, 0.3) is 0 Å². The van der Waals surface area contributed by atoms with Crippen LogP contribution in [-0.2, 0) is 57.5 Å². The fourth-order valence-electron chi connectivity index (χ4n) is 12.5. The van der Waals surface area contributed by atoms with Crippen LogP contribution < -0.4 is 64.6 Å². The first-order valence-corrected chi connectivity index (χ1v) is 35.9. The van der Waals surface area contributed by atoms with Crippen molar-refractivity contribution in [2.24, 2.45) is 46.0 Å². The molecular weight excluding hydrogens is 1240 g/mol. The van der Waals surface area contributed by atoms with E-state index in [1.54, 1.807) is 25.7 Å². The van der Waals surface area contributed by atoms with Gasteiger partial charge in [-0.3, -0.25) is 62.5 Å². The van der Waals surface area contributed by atoms with Gasteiger partial charge in [-0.2, -0.15) is 0 Å². The second-order valence-corrected chi connectivity index (χ2v) is 28.5. The number of carbonyl (C=O) groups excluding carboxylic acids is 12. The molecular formula is C62H105N15O14S2. The van der Waals surface area contributed by atoms with Crippen LogP contribution in [0.2, 0.25) is 0 Å². The first-order chi connectivity index (χ1) is 44.3. The van der Waals surface area contributed by atoms with Gasteiger partial charge in [0.15, 0.2) is 5.96 Å². The van der Waals surface area contributed by atoms with Crippen molar-refractivity contribution in [2.75, 3.05) is 44.4 Å². The zero-order chi connectivity index (χ0) is 68.6. The van der Waals surface area contributed by atoms with E-state index in [2.05, 4.69) is 58.2 Å². The first-order valence-electron chi connectivity index (χ1n) is 33.4. The number of aliphatic hydroxyl groups is 2. The van der Waals surface area contributed by atoms with Crippen molar-refractivity contribution >= 4 is 98.4 Å². The van der Waals surface area contributed by atoms with Gasteiger partial charge in [-0.15, -0.1) is 0 Å². The Hall–Kier alpha value is -6.47. The molecule has 4 aliphatic heterocycles. The maximum absolute atomic E-state index is 15.4. The standard InChI is InChI=1S/C62H105N15O14S2/c1-9-34(6)48-57(87)65-24-16-12-13-23-47(80)73-49(35(7)10-2)58(88)71-42-31-92-93-32-43(55(85)74-48)72-59(89)50(36(8)11-3)75-56(86)46-28-37-19-14-15-21-44(37)77(46)61(91)45-22-18-26-76(45)60(90)39(27-33(4)5)68-53(83)41(30-79)69-51(81)38(20-17-25-66-62(63)64)67-52(82)40(29-78)70-54(42)84/h33-46,48-50,78-79H,9-32H2,1-8H3,(H,65,87)(H,67,82)(H,68,83)(H,69,81)(H,70,84)(H,71,88)(H,72,89)(H,73,80)(H,74,85)(H,75,86)(H4,63,64,66)/t34-,35-,36-,37-,38-,39-,40-,41-,42-,43-,44-,45-,46-,48-,49-,50-/m0/s1. The average Bonchev–Trinajstić information content (AvgIpc) is 1.63. The van der Waals surface area contributed by atoms with E-state index in [0.717, 1.165) is 40.9 Å². The average molecular weight is 1350 g/mol. The molecule has 1 saturated carbocycles. The van der Waals surface area contributed by atoms with E-state index in [9.17, 15) is 53.4 Å². The van der Waals surface area contributed by atoms with E-state index >= 15 is 14.4 Å². The fraction of sp³-hybridized carbons (Fsp3) is 0.790. The van der Waals surface area contributed by atoms with E-state index in [-0.39, 0.29) is 93.5 Å². The molecule has 16 atom stereocenters. The number of nitrogens with one attached hydrogen (secondary N) is 10. The van der Waals surface area contributed by atoms with E-state index in [4.69, 9.17) is 11.5 Å². The van der Waals surface area contributed by atoms with Crippen LogP contribution in [0.4, 0.5) is 0 Å². The number of hydrogen-bond donors (Lipinski definition) is 14. The van der Waals surface area contributed by atoms with Crippen LogP contribution in [0.25, 0.3) is 0 Å². The van der Waals surface area contributed by atoms with E-state index in [1.165, 1.54) is 4.90 Å². The van der Waals surface area contributed by atoms with Crippen molar-refractivity contribution in [3.8, 4) is 0 Å². The van der Waals surface area contributed by atoms with Crippen LogP contribution in [-0.4, -0.2) is 214 Å². The third kappa shape index (κ3) is 22.3. The molecule has 29 nitrogen and oxygen atoms in total. The second-order valence-electron chi connectivity index (χ2n) is 26.0. The van der Waals surface area contributed by atoms with Crippen molar-refractivity contribution in [1.29, 1.82) is 0 Å². The number of aliphatic imine (C=N–C) groups is 1. The molecule has 0 unspecified atom stereocenters. The highest BCUT2D eigenvalue weighted by Gasteiger charge is 2.52. The Bertz CT molecular complexity index is 2640. The summed E-state index contributed by atoms with van der Waals surface area (Å²) in [6.45, 7) is 12.7. The monoisotopic (exact) mass is 1350 g/mol. The van der Waals surface area contributed by atoms with Gasteiger partial charge in [0.05, 0.1) is 13.2 Å². The van der Waals surface area contributed by atoms with Gasteiger partial charge < -0.3 is 84.6 Å². The quantitative estimate of drug-likeness (QED) is 0.0421. The third-order valence-corrected chi connectivity index (χ3v) is 21.0. The third-order valence-electron chi connectivity index (χ3n) is 18.6. The Kier molecular flexibility index (Phi) is 31.7. The Morgan fingerprint density at radius 1 is 0.538 bits per heavy atom. The lowest BCUT2D eigenvalue weighted by Gasteiger charge is -2.38. The zero-order valence-corrected chi connectivity index (χ0v) is 57.0. The maximum Gasteiger partial charge on any atom is 0.246 e. The predicted molar refractivity (Wildman–Crippen MR) is 351 cm³/mol. The Morgan fingerprint density at radius 2 is 1.05 bits per heavy atom. The summed E-state index contributed by atoms with van der Waals surface area (Å²) in [6, 6.07) is -15.2. The first kappa shape index (κ1) is 77.2. The smallest absolute Gasteiger partial charge is 0.246 e. The van der Waals surface area contributed by atoms with Gasteiger partial charge in [-0.1, -0.05) is 116 Å². The largest absolute Gasteiger partial charge is 0.394 e. The summed E-state index contributed by atoms with van der Waals surface area (Å²) in [6.07, 6.45) is 6.50. The number of guanidine groups is 1. The molecule has 0 aromatic rings. The molecule has 16 N–H and O–H groups in total. The summed E-state index contributed by atoms with van der Waals surface area (Å²) in [5.41, 5.74) is 11.1. The minimum absolute atomic E-state index is 0.0257. The maximum atomic E-state index is 15.4. The number of amides is 12. The topological polar surface area (TPSA) is 436 Å². The van der Waals surface area contributed by atoms with Gasteiger partial charge in [0.2, 0.25) is 70.9 Å². The predicted octanol–water partition coefficient (Wildman–Crippen LogP) is -1.19. The Labute approximate surface area is 554 Å². The fourth-order valence-corrected chi connectivity index (χ4v) is 14.8. The molecule has 2 bridgehead atoms. The van der Waals surface area contributed by atoms with Gasteiger partial charge in [0.1, 0.15) is 66.5 Å². The highest BCUT2D eigenvalue weighted by molar-refractivity contribution is 8.76. The molecule has 5 aliphatic rings. The molecule has 0 aromatic heterocycles. The molecule has 93 heavy (non-hydrogen) atoms. The number of fused-ring (bicyclic) bond motifs is 9. The van der Waals surface area contributed by atoms with Gasteiger partial charge in [-0.05, 0) is 93.8 Å². The summed E-state index contributed by atoms with van der Waals surface area (Å²) in [5, 5.41) is 48.7. The van der Waals surface area contributed by atoms with E-state index in [1.807, 2.05) is 34.6 Å². The SMILES string of the molecule is CC[C@H](C)[C@@H]1NC(=O)CCCCCNC(=O)[C@H]([C@@H](C)CC)NC(=O)[C@@H]2CSSC[C@H](NC1=O)C(=O)N[C@@H](CO)C(=O)N[C@@H](CCCN=C(N)N)C(=O)N[C@@H](CO)C(=O)N[C@@H](CC(C)C)C(=O)N1CCC[C@H]1C(=O)N1[C@@H](C[C@@H]3CCCC[C@@H]31)C(=O)N[C@@H]([C@@H](C)CC)C(=O)N2. The van der Waals surface area contributed by atoms with Crippen LogP contribution in [0.5, 0.6) is 0 Å². The normalized spacial score (nSPS) is 30.7. The van der Waals surface area contributed by atoms with Crippen molar-refractivity contribution < 1.29 is 67.7 Å². The summed E-state index contributed by atoms with van der Waals surface area (Å²) < 4.78 is 0. The summed E-state index contributed by atoms with van der Waals surface area (Å²) >= 11 is 0. The zero-order valence-electron chi connectivity index (χ0n) is 55.4. The molecule has 12 amide bonds. The van der Waals surface area contributed by atoms with Crippen LogP contribution in [0.1, 0.15) is 165 Å². The lowest BCUT2D eigenvalue weighted by molar-refractivity contribution is -0.150. The Balaban J connectivity index is 1.65. The minimum atomic E-state index is -1.80. The van der Waals surface area contributed by atoms with Crippen LogP contribution in [0.3, 0.4) is 0 Å². The molecule has 31 heteroatoms. The lowest BCUT2D eigenvalue weighted by atomic mass is 9.84. The summed E-state index contributed by atoms with van der Waals surface area (Å²) in [4.78, 5) is 182. The van der Waals surface area contributed by atoms with Crippen molar-refractivity contribution in [2.45, 2.75) is 237 Å². The molecule has 4 heterocycles. The van der Waals surface area contributed by atoms with Gasteiger partial charge >= 0.3 is 0 Å². The number of hydrogen-bond acceptors (Lipinski definition) is 17.